The molecule has 2 rings (SSSR count). The van der Waals surface area contributed by atoms with Gasteiger partial charge in [-0.05, 0) is 55.4 Å². The fourth-order valence-electron chi connectivity index (χ4n) is 2.62. The molecule has 21 heavy (non-hydrogen) atoms. The van der Waals surface area contributed by atoms with Crippen LogP contribution in [-0.4, -0.2) is 10.2 Å². The van der Waals surface area contributed by atoms with Crippen LogP contribution in [-0.2, 0) is 25.7 Å². The van der Waals surface area contributed by atoms with Gasteiger partial charge in [-0.3, -0.25) is 0 Å². The van der Waals surface area contributed by atoms with Gasteiger partial charge in [0.05, 0.1) is 11.4 Å². The lowest BCUT2D eigenvalue weighted by molar-refractivity contribution is 0.818. The number of aromatic nitrogens is 2. The Morgan fingerprint density at radius 2 is 1.71 bits per heavy atom. The molecule has 0 aliphatic rings. The molecule has 1 aromatic carbocycles. The highest BCUT2D eigenvalue weighted by Crippen LogP contribution is 2.18. The molecule has 0 unspecified atom stereocenters. The second kappa shape index (κ2) is 7.16. The Labute approximate surface area is 127 Å². The van der Waals surface area contributed by atoms with E-state index in [9.17, 15) is 0 Å². The zero-order valence-electron chi connectivity index (χ0n) is 13.3. The van der Waals surface area contributed by atoms with E-state index in [0.717, 1.165) is 48.2 Å². The quantitative estimate of drug-likeness (QED) is 0.782. The van der Waals surface area contributed by atoms with Crippen molar-refractivity contribution in [2.24, 2.45) is 0 Å². The lowest BCUT2D eigenvalue weighted by atomic mass is 9.99. The molecule has 2 nitrogen and oxygen atoms in total. The van der Waals surface area contributed by atoms with Gasteiger partial charge in [-0.25, -0.2) is 0 Å². The molecule has 0 spiro atoms. The molecule has 1 heterocycles. The minimum absolute atomic E-state index is 0.897. The molecule has 0 saturated carbocycles. The molecule has 0 saturated heterocycles. The average Bonchev–Trinajstić information content (AvgIpc) is 2.52. The van der Waals surface area contributed by atoms with E-state index in [4.69, 9.17) is 0 Å². The minimum atomic E-state index is 0.897. The van der Waals surface area contributed by atoms with Crippen molar-refractivity contribution in [3.05, 3.63) is 65.0 Å². The number of rotatable bonds is 6. The topological polar surface area (TPSA) is 25.8 Å². The first kappa shape index (κ1) is 15.4. The van der Waals surface area contributed by atoms with Gasteiger partial charge in [0, 0.05) is 5.56 Å². The van der Waals surface area contributed by atoms with Crippen LogP contribution < -0.4 is 0 Å². The molecule has 2 aromatic rings. The third kappa shape index (κ3) is 3.78. The Morgan fingerprint density at radius 1 is 1.00 bits per heavy atom. The van der Waals surface area contributed by atoms with Crippen LogP contribution in [0.15, 0.2) is 36.9 Å². The summed E-state index contributed by atoms with van der Waals surface area (Å²) in [6.07, 6.45) is 3.91. The molecule has 0 bridgehead atoms. The number of hydrogen-bond acceptors (Lipinski definition) is 2. The van der Waals surface area contributed by atoms with E-state index >= 15 is 0 Å². The van der Waals surface area contributed by atoms with Gasteiger partial charge >= 0.3 is 0 Å². The number of nitrogens with zero attached hydrogens (tertiary/aromatic N) is 2. The van der Waals surface area contributed by atoms with Crippen molar-refractivity contribution in [2.75, 3.05) is 0 Å². The number of hydrogen-bond donors (Lipinski definition) is 0. The first-order valence-electron chi connectivity index (χ1n) is 7.73. The highest BCUT2D eigenvalue weighted by Gasteiger charge is 2.07. The molecule has 110 valence electrons. The second-order valence-corrected chi connectivity index (χ2v) is 5.45. The summed E-state index contributed by atoms with van der Waals surface area (Å²) in [7, 11) is 0. The van der Waals surface area contributed by atoms with Crippen molar-refractivity contribution in [3.8, 4) is 0 Å². The monoisotopic (exact) mass is 280 g/mol. The molecular formula is C19H24N2. The van der Waals surface area contributed by atoms with E-state index in [0.29, 0.717) is 0 Å². The van der Waals surface area contributed by atoms with Crippen LogP contribution in [0.2, 0.25) is 0 Å². The number of aryl methyl sites for hydroxylation is 4. The summed E-state index contributed by atoms with van der Waals surface area (Å²) in [5, 5.41) is 8.73. The summed E-state index contributed by atoms with van der Waals surface area (Å²) in [6.45, 7) is 10.4. The van der Waals surface area contributed by atoms with Crippen LogP contribution in [0.1, 0.15) is 48.8 Å². The van der Waals surface area contributed by atoms with Crippen LogP contribution in [0.3, 0.4) is 0 Å². The lowest BCUT2D eigenvalue weighted by Crippen LogP contribution is -2.04. The molecule has 0 atom stereocenters. The second-order valence-electron chi connectivity index (χ2n) is 5.45. The molecule has 1 aromatic heterocycles. The van der Waals surface area contributed by atoms with Crippen LogP contribution >= 0.6 is 0 Å². The molecule has 0 aliphatic heterocycles. The predicted molar refractivity (Wildman–Crippen MR) is 89.3 cm³/mol. The van der Waals surface area contributed by atoms with Crippen molar-refractivity contribution < 1.29 is 0 Å². The molecular weight excluding hydrogens is 256 g/mol. The van der Waals surface area contributed by atoms with E-state index in [-0.39, 0.29) is 0 Å². The maximum absolute atomic E-state index is 4.37. The van der Waals surface area contributed by atoms with Gasteiger partial charge in [-0.15, -0.1) is 0 Å². The third-order valence-electron chi connectivity index (χ3n) is 3.87. The van der Waals surface area contributed by atoms with E-state index in [1.54, 1.807) is 0 Å². The van der Waals surface area contributed by atoms with Gasteiger partial charge < -0.3 is 0 Å². The molecule has 0 radical (unpaired) electrons. The average molecular weight is 280 g/mol. The minimum Gasteiger partial charge on any atom is -0.155 e. The van der Waals surface area contributed by atoms with Crippen molar-refractivity contribution in [2.45, 2.75) is 46.5 Å². The van der Waals surface area contributed by atoms with Gasteiger partial charge in [0.15, 0.2) is 0 Å². The summed E-state index contributed by atoms with van der Waals surface area (Å²) in [4.78, 5) is 0. The summed E-state index contributed by atoms with van der Waals surface area (Å²) >= 11 is 0. The first-order valence-corrected chi connectivity index (χ1v) is 7.73. The summed E-state index contributed by atoms with van der Waals surface area (Å²) < 4.78 is 0. The van der Waals surface area contributed by atoms with Crippen LogP contribution in [0.4, 0.5) is 0 Å². The van der Waals surface area contributed by atoms with Crippen LogP contribution in [0.25, 0.3) is 5.57 Å². The van der Waals surface area contributed by atoms with Crippen molar-refractivity contribution >= 4 is 5.57 Å². The SMILES string of the molecule is C=C(C)c1cc(CCc2ccccc2CC)nnc1CC. The van der Waals surface area contributed by atoms with Crippen LogP contribution in [0, 0.1) is 0 Å². The highest BCUT2D eigenvalue weighted by molar-refractivity contribution is 5.63. The Bertz CT molecular complexity index is 629. The zero-order chi connectivity index (χ0) is 15.2. The molecule has 0 aliphatic carbocycles. The van der Waals surface area contributed by atoms with Gasteiger partial charge in [0.25, 0.3) is 0 Å². The van der Waals surface area contributed by atoms with E-state index < -0.39 is 0 Å². The fourth-order valence-corrected chi connectivity index (χ4v) is 2.62. The predicted octanol–water partition coefficient (Wildman–Crippen LogP) is 4.42. The number of benzene rings is 1. The number of allylic oxidation sites excluding steroid dienone is 1. The maximum Gasteiger partial charge on any atom is 0.0703 e. The van der Waals surface area contributed by atoms with Gasteiger partial charge in [0.1, 0.15) is 0 Å². The Hall–Kier alpha value is -1.96. The zero-order valence-corrected chi connectivity index (χ0v) is 13.3. The summed E-state index contributed by atoms with van der Waals surface area (Å²) in [6, 6.07) is 10.8. The fraction of sp³-hybridized carbons (Fsp3) is 0.368. The van der Waals surface area contributed by atoms with E-state index in [1.807, 2.05) is 6.92 Å². The normalized spacial score (nSPS) is 10.6. The molecule has 2 heteroatoms. The third-order valence-corrected chi connectivity index (χ3v) is 3.87. The van der Waals surface area contributed by atoms with Crippen LogP contribution in [0.5, 0.6) is 0 Å². The summed E-state index contributed by atoms with van der Waals surface area (Å²) in [5.74, 6) is 0. The van der Waals surface area contributed by atoms with Crippen molar-refractivity contribution in [3.63, 3.8) is 0 Å². The van der Waals surface area contributed by atoms with E-state index in [1.165, 1.54) is 11.1 Å². The molecule has 0 amide bonds. The standard InChI is InChI=1S/C19H24N2/c1-5-15-9-7-8-10-16(15)11-12-17-13-18(14(3)4)19(6-2)21-20-17/h7-10,13H,3,5-6,11-12H2,1-2,4H3. The lowest BCUT2D eigenvalue weighted by Gasteiger charge is -2.10. The summed E-state index contributed by atoms with van der Waals surface area (Å²) in [5.41, 5.74) is 7.16. The highest BCUT2D eigenvalue weighted by atomic mass is 15.1. The van der Waals surface area contributed by atoms with Gasteiger partial charge in [0.2, 0.25) is 0 Å². The Balaban J connectivity index is 2.17. The smallest absolute Gasteiger partial charge is 0.0703 e. The Morgan fingerprint density at radius 3 is 2.33 bits per heavy atom. The largest absolute Gasteiger partial charge is 0.155 e. The molecule has 0 N–H and O–H groups in total. The van der Waals surface area contributed by atoms with E-state index in [2.05, 4.69) is 61.0 Å². The Kier molecular flexibility index (Phi) is 5.26. The maximum atomic E-state index is 4.37. The van der Waals surface area contributed by atoms with Crippen molar-refractivity contribution in [1.29, 1.82) is 0 Å². The van der Waals surface area contributed by atoms with Gasteiger partial charge in [-0.2, -0.15) is 10.2 Å². The van der Waals surface area contributed by atoms with Crippen molar-refractivity contribution in [1.82, 2.24) is 10.2 Å². The first-order chi connectivity index (χ1) is 10.2. The molecule has 0 fully saturated rings. The van der Waals surface area contributed by atoms with Gasteiger partial charge in [-0.1, -0.05) is 44.7 Å².